The SMILES string of the molecule is CCOc1ccc(S(=O)(=O)NNC2=C[C@@H](c3ccccc3)Oc3ccccc32)cc1. The highest BCUT2D eigenvalue weighted by Gasteiger charge is 2.23. The van der Waals surface area contributed by atoms with Crippen LogP contribution in [-0.2, 0) is 10.0 Å². The van der Waals surface area contributed by atoms with Crippen LogP contribution in [0.15, 0.2) is 89.8 Å². The van der Waals surface area contributed by atoms with Crippen LogP contribution < -0.4 is 19.7 Å². The van der Waals surface area contributed by atoms with Gasteiger partial charge in [-0.05, 0) is 55.0 Å². The fourth-order valence-electron chi connectivity index (χ4n) is 3.18. The molecule has 6 nitrogen and oxygen atoms in total. The lowest BCUT2D eigenvalue weighted by molar-refractivity contribution is 0.249. The van der Waals surface area contributed by atoms with Crippen LogP contribution in [0.2, 0.25) is 0 Å². The molecule has 0 fully saturated rings. The van der Waals surface area contributed by atoms with Crippen molar-refractivity contribution in [1.82, 2.24) is 10.3 Å². The molecular formula is C23H22N2O4S. The van der Waals surface area contributed by atoms with Gasteiger partial charge in [0.05, 0.1) is 17.2 Å². The van der Waals surface area contributed by atoms with E-state index in [1.54, 1.807) is 12.1 Å². The number of ether oxygens (including phenoxy) is 2. The van der Waals surface area contributed by atoms with E-state index < -0.39 is 10.0 Å². The van der Waals surface area contributed by atoms with Gasteiger partial charge in [0.25, 0.3) is 10.0 Å². The molecule has 30 heavy (non-hydrogen) atoms. The van der Waals surface area contributed by atoms with Gasteiger partial charge in [0.1, 0.15) is 17.6 Å². The Labute approximate surface area is 176 Å². The van der Waals surface area contributed by atoms with Crippen molar-refractivity contribution in [1.29, 1.82) is 0 Å². The van der Waals surface area contributed by atoms with E-state index in [9.17, 15) is 8.42 Å². The van der Waals surface area contributed by atoms with Crippen LogP contribution in [0.25, 0.3) is 5.70 Å². The summed E-state index contributed by atoms with van der Waals surface area (Å²) >= 11 is 0. The number of para-hydroxylation sites is 1. The molecule has 1 aliphatic heterocycles. The molecule has 0 aliphatic carbocycles. The van der Waals surface area contributed by atoms with Crippen LogP contribution in [-0.4, -0.2) is 15.0 Å². The summed E-state index contributed by atoms with van der Waals surface area (Å²) in [6.45, 7) is 2.39. The molecule has 7 heteroatoms. The molecule has 0 bridgehead atoms. The average Bonchev–Trinajstić information content (AvgIpc) is 2.78. The summed E-state index contributed by atoms with van der Waals surface area (Å²) < 4.78 is 36.9. The van der Waals surface area contributed by atoms with Gasteiger partial charge in [-0.3, -0.25) is 0 Å². The largest absolute Gasteiger partial charge is 0.494 e. The molecule has 154 valence electrons. The lowest BCUT2D eigenvalue weighted by Gasteiger charge is -2.26. The van der Waals surface area contributed by atoms with Gasteiger partial charge in [-0.2, -0.15) is 0 Å². The van der Waals surface area contributed by atoms with E-state index in [2.05, 4.69) is 10.3 Å². The number of hydrazine groups is 1. The molecule has 1 atom stereocenters. The molecule has 0 amide bonds. The lowest BCUT2D eigenvalue weighted by atomic mass is 10.0. The van der Waals surface area contributed by atoms with Crippen molar-refractivity contribution in [2.45, 2.75) is 17.9 Å². The summed E-state index contributed by atoms with van der Waals surface area (Å²) in [6.07, 6.45) is 1.52. The number of nitrogens with one attached hydrogen (secondary N) is 2. The van der Waals surface area contributed by atoms with E-state index in [0.717, 1.165) is 11.1 Å². The molecule has 0 unspecified atom stereocenters. The number of fused-ring (bicyclic) bond motifs is 1. The summed E-state index contributed by atoms with van der Waals surface area (Å²) in [5, 5.41) is 0. The normalized spacial score (nSPS) is 15.5. The summed E-state index contributed by atoms with van der Waals surface area (Å²) in [5.41, 5.74) is 5.24. The number of rotatable bonds is 7. The molecule has 1 heterocycles. The highest BCUT2D eigenvalue weighted by Crippen LogP contribution is 2.35. The molecule has 0 saturated heterocycles. The van der Waals surface area contributed by atoms with Crippen LogP contribution in [0.5, 0.6) is 11.5 Å². The minimum atomic E-state index is -3.77. The van der Waals surface area contributed by atoms with E-state index in [-0.39, 0.29) is 11.0 Å². The third kappa shape index (κ3) is 4.32. The Kier molecular flexibility index (Phi) is 5.74. The van der Waals surface area contributed by atoms with Gasteiger partial charge in [0.2, 0.25) is 0 Å². The van der Waals surface area contributed by atoms with Crippen molar-refractivity contribution >= 4 is 15.7 Å². The number of hydrogen-bond donors (Lipinski definition) is 2. The Morgan fingerprint density at radius 1 is 0.933 bits per heavy atom. The van der Waals surface area contributed by atoms with Gasteiger partial charge in [-0.15, -0.1) is 4.83 Å². The van der Waals surface area contributed by atoms with E-state index in [1.807, 2.05) is 67.6 Å². The van der Waals surface area contributed by atoms with Crippen LogP contribution in [0.3, 0.4) is 0 Å². The van der Waals surface area contributed by atoms with Crippen molar-refractivity contribution in [2.75, 3.05) is 6.61 Å². The quantitative estimate of drug-likeness (QED) is 0.562. The molecular weight excluding hydrogens is 400 g/mol. The minimum absolute atomic E-state index is 0.138. The van der Waals surface area contributed by atoms with Crippen molar-refractivity contribution in [3.8, 4) is 11.5 Å². The van der Waals surface area contributed by atoms with E-state index in [4.69, 9.17) is 9.47 Å². The Morgan fingerprint density at radius 3 is 2.37 bits per heavy atom. The van der Waals surface area contributed by atoms with Crippen molar-refractivity contribution in [3.63, 3.8) is 0 Å². The Bertz CT molecular complexity index is 1140. The van der Waals surface area contributed by atoms with Crippen LogP contribution in [0.4, 0.5) is 0 Å². The highest BCUT2D eigenvalue weighted by atomic mass is 32.2. The molecule has 0 spiro atoms. The van der Waals surface area contributed by atoms with Crippen LogP contribution in [0, 0.1) is 0 Å². The van der Waals surface area contributed by atoms with Gasteiger partial charge in [-0.25, -0.2) is 8.42 Å². The standard InChI is InChI=1S/C23H22N2O4S/c1-2-28-18-12-14-19(15-13-18)30(26,27)25-24-21-16-23(17-8-4-3-5-9-17)29-22-11-7-6-10-20(21)22/h3-16,23-25H,2H2,1H3/t23-/m0/s1. The molecule has 0 aromatic heterocycles. The summed E-state index contributed by atoms with van der Waals surface area (Å²) in [5.74, 6) is 1.30. The highest BCUT2D eigenvalue weighted by molar-refractivity contribution is 7.89. The maximum Gasteiger partial charge on any atom is 0.257 e. The lowest BCUT2D eigenvalue weighted by Crippen LogP contribution is -2.37. The van der Waals surface area contributed by atoms with E-state index in [0.29, 0.717) is 23.8 Å². The van der Waals surface area contributed by atoms with Gasteiger partial charge in [0.15, 0.2) is 0 Å². The van der Waals surface area contributed by atoms with Crippen molar-refractivity contribution < 1.29 is 17.9 Å². The van der Waals surface area contributed by atoms with Gasteiger partial charge in [-0.1, -0.05) is 42.5 Å². The first-order chi connectivity index (χ1) is 14.6. The Hall–Kier alpha value is -3.29. The number of hydrogen-bond acceptors (Lipinski definition) is 5. The maximum atomic E-state index is 12.7. The third-order valence-corrected chi connectivity index (χ3v) is 5.91. The second-order valence-corrected chi connectivity index (χ2v) is 8.34. The van der Waals surface area contributed by atoms with E-state index >= 15 is 0 Å². The smallest absolute Gasteiger partial charge is 0.257 e. The topological polar surface area (TPSA) is 76.7 Å². The molecule has 0 radical (unpaired) electrons. The Balaban J connectivity index is 1.57. The van der Waals surface area contributed by atoms with Crippen molar-refractivity contribution in [2.24, 2.45) is 0 Å². The zero-order chi connectivity index (χ0) is 21.0. The third-order valence-electron chi connectivity index (χ3n) is 4.64. The average molecular weight is 423 g/mol. The minimum Gasteiger partial charge on any atom is -0.494 e. The van der Waals surface area contributed by atoms with Crippen molar-refractivity contribution in [3.05, 3.63) is 96.1 Å². The van der Waals surface area contributed by atoms with E-state index in [1.165, 1.54) is 12.1 Å². The first kappa shape index (κ1) is 20.0. The molecule has 0 saturated carbocycles. The molecule has 3 aromatic rings. The summed E-state index contributed by atoms with van der Waals surface area (Å²) in [4.78, 5) is 2.60. The van der Waals surface area contributed by atoms with Crippen LogP contribution in [0.1, 0.15) is 24.2 Å². The second kappa shape index (κ2) is 8.61. The molecule has 3 aromatic carbocycles. The van der Waals surface area contributed by atoms with Gasteiger partial charge >= 0.3 is 0 Å². The fourth-order valence-corrected chi connectivity index (χ4v) is 4.04. The second-order valence-electron chi connectivity index (χ2n) is 6.66. The maximum absolute atomic E-state index is 12.7. The Morgan fingerprint density at radius 2 is 1.63 bits per heavy atom. The summed E-state index contributed by atoms with van der Waals surface area (Å²) in [7, 11) is -3.77. The predicted molar refractivity (Wildman–Crippen MR) is 115 cm³/mol. The molecule has 1 aliphatic rings. The molecule has 2 N–H and O–H groups in total. The number of sulfonamides is 1. The molecule has 4 rings (SSSR count). The van der Waals surface area contributed by atoms with Gasteiger partial charge in [0, 0.05) is 5.56 Å². The monoisotopic (exact) mass is 422 g/mol. The first-order valence-corrected chi connectivity index (χ1v) is 11.1. The zero-order valence-corrected chi connectivity index (χ0v) is 17.2. The number of benzene rings is 3. The predicted octanol–water partition coefficient (Wildman–Crippen LogP) is 4.04. The van der Waals surface area contributed by atoms with Gasteiger partial charge < -0.3 is 14.9 Å². The zero-order valence-electron chi connectivity index (χ0n) is 16.4. The van der Waals surface area contributed by atoms with Crippen LogP contribution >= 0.6 is 0 Å². The first-order valence-electron chi connectivity index (χ1n) is 9.60. The fraction of sp³-hybridized carbons (Fsp3) is 0.130. The summed E-state index contributed by atoms with van der Waals surface area (Å²) in [6, 6.07) is 23.5.